The first-order chi connectivity index (χ1) is 5.77. The molecule has 0 aliphatic carbocycles. The van der Waals surface area contributed by atoms with Gasteiger partial charge in [0.15, 0.2) is 5.82 Å². The Hall–Kier alpha value is -1.41. The number of nitriles is 1. The van der Waals surface area contributed by atoms with Crippen molar-refractivity contribution in [3.8, 4) is 6.07 Å². The zero-order valence-corrected chi connectivity index (χ0v) is 6.94. The van der Waals surface area contributed by atoms with Crippen LogP contribution in [-0.2, 0) is 11.2 Å². The van der Waals surface area contributed by atoms with E-state index < -0.39 is 0 Å². The molecular weight excluding hydrogens is 158 g/mol. The van der Waals surface area contributed by atoms with Crippen LogP contribution >= 0.6 is 0 Å². The average Bonchev–Trinajstić information content (AvgIpc) is 2.52. The molecule has 0 aliphatic heterocycles. The van der Waals surface area contributed by atoms with Gasteiger partial charge in [-0.2, -0.15) is 10.2 Å². The Morgan fingerprint density at radius 1 is 1.75 bits per heavy atom. The molecule has 1 heterocycles. The summed E-state index contributed by atoms with van der Waals surface area (Å²) < 4.78 is 9.72. The Kier molecular flexibility index (Phi) is 2.77. The lowest BCUT2D eigenvalue weighted by Crippen LogP contribution is -1.98. The lowest BCUT2D eigenvalue weighted by molar-refractivity contribution is 0.109. The first-order valence-electron chi connectivity index (χ1n) is 3.50. The smallest absolute Gasteiger partial charge is 0.240 e. The lowest BCUT2D eigenvalue weighted by Gasteiger charge is -2.00. The van der Waals surface area contributed by atoms with E-state index in [-0.39, 0.29) is 12.5 Å². The number of nitrogens with zero attached hydrogens (tertiary/aromatic N) is 3. The van der Waals surface area contributed by atoms with Gasteiger partial charge in [0.2, 0.25) is 5.89 Å². The molecule has 1 unspecified atom stereocenters. The molecule has 0 saturated heterocycles. The maximum atomic E-state index is 8.32. The molecule has 1 aromatic heterocycles. The summed E-state index contributed by atoms with van der Waals surface area (Å²) >= 11 is 0. The van der Waals surface area contributed by atoms with E-state index in [2.05, 4.69) is 10.1 Å². The number of rotatable bonds is 3. The van der Waals surface area contributed by atoms with Crippen molar-refractivity contribution in [3.63, 3.8) is 0 Å². The van der Waals surface area contributed by atoms with Crippen molar-refractivity contribution >= 4 is 0 Å². The molecule has 0 N–H and O–H groups in total. The highest BCUT2D eigenvalue weighted by Crippen LogP contribution is 2.11. The molecule has 1 atom stereocenters. The van der Waals surface area contributed by atoms with Crippen LogP contribution in [0.3, 0.4) is 0 Å². The number of hydrogen-bond acceptors (Lipinski definition) is 5. The molecule has 64 valence electrons. The van der Waals surface area contributed by atoms with Gasteiger partial charge in [0, 0.05) is 7.11 Å². The van der Waals surface area contributed by atoms with E-state index in [9.17, 15) is 0 Å². The Bertz CT molecular complexity index is 289. The molecular formula is C7H9N3O2. The minimum absolute atomic E-state index is 0.142. The predicted octanol–water partition coefficient (Wildman–Crippen LogP) is 0.843. The van der Waals surface area contributed by atoms with Crippen LogP contribution in [0, 0.1) is 11.3 Å². The molecule has 0 fully saturated rings. The molecule has 0 saturated carbocycles. The van der Waals surface area contributed by atoms with Gasteiger partial charge >= 0.3 is 0 Å². The summed E-state index contributed by atoms with van der Waals surface area (Å²) in [5.74, 6) is 0.805. The van der Waals surface area contributed by atoms with Crippen LogP contribution in [0.1, 0.15) is 24.7 Å². The van der Waals surface area contributed by atoms with E-state index in [0.29, 0.717) is 11.7 Å². The van der Waals surface area contributed by atoms with Gasteiger partial charge in [0.05, 0.1) is 6.07 Å². The van der Waals surface area contributed by atoms with Crippen molar-refractivity contribution < 1.29 is 9.26 Å². The topological polar surface area (TPSA) is 71.9 Å². The molecule has 0 spiro atoms. The van der Waals surface area contributed by atoms with Crippen LogP contribution in [0.25, 0.3) is 0 Å². The van der Waals surface area contributed by atoms with E-state index in [1.807, 2.05) is 6.07 Å². The van der Waals surface area contributed by atoms with E-state index in [1.165, 1.54) is 0 Å². The second kappa shape index (κ2) is 3.83. The van der Waals surface area contributed by atoms with Crippen molar-refractivity contribution in [1.82, 2.24) is 10.1 Å². The van der Waals surface area contributed by atoms with Crippen LogP contribution < -0.4 is 0 Å². The maximum Gasteiger partial charge on any atom is 0.240 e. The van der Waals surface area contributed by atoms with Crippen molar-refractivity contribution in [2.24, 2.45) is 0 Å². The highest BCUT2D eigenvalue weighted by atomic mass is 16.5. The molecule has 5 nitrogen and oxygen atoms in total. The monoisotopic (exact) mass is 167 g/mol. The fraction of sp³-hybridized carbons (Fsp3) is 0.571. The van der Waals surface area contributed by atoms with Crippen LogP contribution in [-0.4, -0.2) is 17.3 Å². The Morgan fingerprint density at radius 3 is 3.08 bits per heavy atom. The van der Waals surface area contributed by atoms with Crippen LogP contribution in [0.2, 0.25) is 0 Å². The lowest BCUT2D eigenvalue weighted by atomic mass is 10.4. The first kappa shape index (κ1) is 8.68. The van der Waals surface area contributed by atoms with Crippen molar-refractivity contribution in [2.45, 2.75) is 19.4 Å². The minimum Gasteiger partial charge on any atom is -0.374 e. The highest BCUT2D eigenvalue weighted by molar-refractivity contribution is 4.94. The van der Waals surface area contributed by atoms with Crippen LogP contribution in [0.5, 0.6) is 0 Å². The third-order valence-electron chi connectivity index (χ3n) is 1.43. The maximum absolute atomic E-state index is 8.32. The molecule has 0 aromatic carbocycles. The Balaban J connectivity index is 2.71. The molecule has 0 amide bonds. The van der Waals surface area contributed by atoms with Gasteiger partial charge in [-0.15, -0.1) is 0 Å². The number of hydrogen-bond donors (Lipinski definition) is 0. The molecule has 0 radical (unpaired) electrons. The van der Waals surface area contributed by atoms with E-state index in [1.54, 1.807) is 14.0 Å². The summed E-state index contributed by atoms with van der Waals surface area (Å²) in [5.41, 5.74) is 0. The third-order valence-corrected chi connectivity index (χ3v) is 1.43. The predicted molar refractivity (Wildman–Crippen MR) is 39.0 cm³/mol. The number of aromatic nitrogens is 2. The summed E-state index contributed by atoms with van der Waals surface area (Å²) in [4.78, 5) is 3.95. The second-order valence-electron chi connectivity index (χ2n) is 2.26. The van der Waals surface area contributed by atoms with Gasteiger partial charge in [-0.25, -0.2) is 0 Å². The summed E-state index contributed by atoms with van der Waals surface area (Å²) in [6, 6.07) is 1.92. The van der Waals surface area contributed by atoms with Gasteiger partial charge in [0.25, 0.3) is 0 Å². The first-order valence-corrected chi connectivity index (χ1v) is 3.50. The summed E-state index contributed by atoms with van der Waals surface area (Å²) in [7, 11) is 1.56. The molecule has 1 rings (SSSR count). The van der Waals surface area contributed by atoms with Crippen molar-refractivity contribution in [1.29, 1.82) is 5.26 Å². The largest absolute Gasteiger partial charge is 0.374 e. The van der Waals surface area contributed by atoms with Gasteiger partial charge in [0.1, 0.15) is 12.5 Å². The normalized spacial score (nSPS) is 12.4. The van der Waals surface area contributed by atoms with Crippen molar-refractivity contribution in [3.05, 3.63) is 11.7 Å². The quantitative estimate of drug-likeness (QED) is 0.667. The minimum atomic E-state index is -0.193. The Labute approximate surface area is 69.9 Å². The molecule has 12 heavy (non-hydrogen) atoms. The number of ether oxygens (including phenoxy) is 1. The summed E-state index contributed by atoms with van der Waals surface area (Å²) in [5, 5.41) is 12.0. The SMILES string of the molecule is COC(C)c1noc(CC#N)n1. The van der Waals surface area contributed by atoms with E-state index >= 15 is 0 Å². The fourth-order valence-electron chi connectivity index (χ4n) is 0.678. The van der Waals surface area contributed by atoms with Gasteiger partial charge in [-0.1, -0.05) is 5.16 Å². The van der Waals surface area contributed by atoms with E-state index in [4.69, 9.17) is 14.5 Å². The van der Waals surface area contributed by atoms with Crippen molar-refractivity contribution in [2.75, 3.05) is 7.11 Å². The van der Waals surface area contributed by atoms with Gasteiger partial charge in [-0.3, -0.25) is 0 Å². The fourth-order valence-corrected chi connectivity index (χ4v) is 0.678. The standard InChI is InChI=1S/C7H9N3O2/c1-5(11-2)7-9-6(3-4-8)12-10-7/h5H,3H2,1-2H3. The summed E-state index contributed by atoms with van der Waals surface area (Å²) in [6.07, 6.45) is -0.0510. The zero-order chi connectivity index (χ0) is 8.97. The molecule has 5 heteroatoms. The highest BCUT2D eigenvalue weighted by Gasteiger charge is 2.11. The number of methoxy groups -OCH3 is 1. The Morgan fingerprint density at radius 2 is 2.50 bits per heavy atom. The van der Waals surface area contributed by atoms with Gasteiger partial charge in [-0.05, 0) is 6.92 Å². The molecule has 0 aliphatic rings. The van der Waals surface area contributed by atoms with Crippen LogP contribution in [0.15, 0.2) is 4.52 Å². The van der Waals surface area contributed by atoms with Gasteiger partial charge < -0.3 is 9.26 Å². The zero-order valence-electron chi connectivity index (χ0n) is 6.94. The molecule has 0 bridgehead atoms. The second-order valence-corrected chi connectivity index (χ2v) is 2.26. The average molecular weight is 167 g/mol. The third kappa shape index (κ3) is 1.80. The summed E-state index contributed by atoms with van der Waals surface area (Å²) in [6.45, 7) is 1.81. The van der Waals surface area contributed by atoms with Crippen LogP contribution in [0.4, 0.5) is 0 Å². The molecule has 1 aromatic rings. The van der Waals surface area contributed by atoms with E-state index in [0.717, 1.165) is 0 Å².